The SMILES string of the molecule is CC(C)(C)OCC(=O)NC(/C(N)=N/O)c1ccccc1. The Morgan fingerprint density at radius 3 is 2.50 bits per heavy atom. The van der Waals surface area contributed by atoms with E-state index in [1.807, 2.05) is 39.0 Å². The van der Waals surface area contributed by atoms with Crippen LogP contribution in [-0.2, 0) is 9.53 Å². The molecule has 110 valence electrons. The van der Waals surface area contributed by atoms with Gasteiger partial charge in [-0.2, -0.15) is 0 Å². The Morgan fingerprint density at radius 2 is 2.00 bits per heavy atom. The van der Waals surface area contributed by atoms with Crippen molar-refractivity contribution in [3.05, 3.63) is 35.9 Å². The summed E-state index contributed by atoms with van der Waals surface area (Å²) >= 11 is 0. The summed E-state index contributed by atoms with van der Waals surface area (Å²) in [4.78, 5) is 11.9. The lowest BCUT2D eigenvalue weighted by Crippen LogP contribution is -2.40. The van der Waals surface area contributed by atoms with Crippen LogP contribution in [0.4, 0.5) is 0 Å². The lowest BCUT2D eigenvalue weighted by atomic mass is 10.1. The highest BCUT2D eigenvalue weighted by Crippen LogP contribution is 2.13. The molecule has 0 bridgehead atoms. The zero-order valence-electron chi connectivity index (χ0n) is 12.0. The molecular formula is C14H21N3O3. The summed E-state index contributed by atoms with van der Waals surface area (Å²) in [6, 6.07) is 8.35. The molecule has 0 aliphatic heterocycles. The van der Waals surface area contributed by atoms with E-state index in [9.17, 15) is 4.79 Å². The Balaban J connectivity index is 2.75. The van der Waals surface area contributed by atoms with E-state index in [0.717, 1.165) is 5.56 Å². The van der Waals surface area contributed by atoms with Crippen molar-refractivity contribution in [1.29, 1.82) is 0 Å². The monoisotopic (exact) mass is 279 g/mol. The van der Waals surface area contributed by atoms with E-state index in [0.29, 0.717) is 0 Å². The molecule has 0 heterocycles. The molecule has 1 aromatic rings. The number of carbonyl (C=O) groups excluding carboxylic acids is 1. The van der Waals surface area contributed by atoms with Crippen molar-refractivity contribution in [3.63, 3.8) is 0 Å². The molecular weight excluding hydrogens is 258 g/mol. The highest BCUT2D eigenvalue weighted by molar-refractivity contribution is 5.91. The smallest absolute Gasteiger partial charge is 0.246 e. The van der Waals surface area contributed by atoms with Crippen molar-refractivity contribution in [2.75, 3.05) is 6.61 Å². The van der Waals surface area contributed by atoms with Crippen LogP contribution in [0.3, 0.4) is 0 Å². The van der Waals surface area contributed by atoms with Crippen molar-refractivity contribution in [3.8, 4) is 0 Å². The molecule has 0 spiro atoms. The van der Waals surface area contributed by atoms with Gasteiger partial charge in [0.15, 0.2) is 5.84 Å². The van der Waals surface area contributed by atoms with Gasteiger partial charge in [-0.25, -0.2) is 0 Å². The van der Waals surface area contributed by atoms with Gasteiger partial charge in [0.2, 0.25) is 5.91 Å². The van der Waals surface area contributed by atoms with Crippen LogP contribution in [0.5, 0.6) is 0 Å². The molecule has 1 atom stereocenters. The maximum atomic E-state index is 11.9. The van der Waals surface area contributed by atoms with Gasteiger partial charge in [-0.1, -0.05) is 35.5 Å². The number of nitrogens with one attached hydrogen (secondary N) is 1. The first kappa shape index (κ1) is 16.0. The molecule has 1 unspecified atom stereocenters. The van der Waals surface area contributed by atoms with Crippen molar-refractivity contribution in [2.24, 2.45) is 10.9 Å². The van der Waals surface area contributed by atoms with Gasteiger partial charge in [0, 0.05) is 0 Å². The Hall–Kier alpha value is -2.08. The Labute approximate surface area is 118 Å². The van der Waals surface area contributed by atoms with Gasteiger partial charge in [-0.15, -0.1) is 0 Å². The number of amides is 1. The third kappa shape index (κ3) is 5.27. The van der Waals surface area contributed by atoms with E-state index in [4.69, 9.17) is 15.7 Å². The molecule has 0 fully saturated rings. The minimum Gasteiger partial charge on any atom is -0.409 e. The average Bonchev–Trinajstić information content (AvgIpc) is 2.42. The number of carbonyl (C=O) groups is 1. The zero-order chi connectivity index (χ0) is 15.2. The minimum absolute atomic E-state index is 0.0830. The third-order valence-electron chi connectivity index (χ3n) is 2.49. The number of benzene rings is 1. The van der Waals surface area contributed by atoms with Crippen LogP contribution in [0.2, 0.25) is 0 Å². The van der Waals surface area contributed by atoms with Crippen LogP contribution >= 0.6 is 0 Å². The number of nitrogens with zero attached hydrogens (tertiary/aromatic N) is 1. The molecule has 0 radical (unpaired) electrons. The largest absolute Gasteiger partial charge is 0.409 e. The average molecular weight is 279 g/mol. The number of rotatable bonds is 5. The van der Waals surface area contributed by atoms with E-state index in [-0.39, 0.29) is 18.3 Å². The molecule has 0 aromatic heterocycles. The van der Waals surface area contributed by atoms with Gasteiger partial charge in [0.05, 0.1) is 5.60 Å². The van der Waals surface area contributed by atoms with Crippen molar-refractivity contribution >= 4 is 11.7 Å². The number of oxime groups is 1. The number of hydrogen-bond acceptors (Lipinski definition) is 4. The minimum atomic E-state index is -0.683. The van der Waals surface area contributed by atoms with Gasteiger partial charge in [0.1, 0.15) is 12.6 Å². The van der Waals surface area contributed by atoms with Crippen molar-refractivity contribution in [1.82, 2.24) is 5.32 Å². The lowest BCUT2D eigenvalue weighted by Gasteiger charge is -2.21. The highest BCUT2D eigenvalue weighted by atomic mass is 16.5. The molecule has 0 aliphatic rings. The van der Waals surface area contributed by atoms with E-state index in [2.05, 4.69) is 10.5 Å². The zero-order valence-corrected chi connectivity index (χ0v) is 12.0. The highest BCUT2D eigenvalue weighted by Gasteiger charge is 2.20. The first-order chi connectivity index (χ1) is 9.33. The standard InChI is InChI=1S/C14H21N3O3/c1-14(2,3)20-9-11(18)16-12(13(15)17-19)10-7-5-4-6-8-10/h4-8,12,19H,9H2,1-3H3,(H2,15,17)(H,16,18). The van der Waals surface area contributed by atoms with Crippen LogP contribution in [0.1, 0.15) is 32.4 Å². The summed E-state index contributed by atoms with van der Waals surface area (Å²) in [5.74, 6) is -0.416. The summed E-state index contributed by atoms with van der Waals surface area (Å²) < 4.78 is 5.39. The first-order valence-electron chi connectivity index (χ1n) is 6.29. The quantitative estimate of drug-likeness (QED) is 0.328. The number of hydrogen-bond donors (Lipinski definition) is 3. The van der Waals surface area contributed by atoms with Gasteiger partial charge in [-0.3, -0.25) is 4.79 Å². The second-order valence-corrected chi connectivity index (χ2v) is 5.34. The number of amidine groups is 1. The van der Waals surface area contributed by atoms with Crippen LogP contribution < -0.4 is 11.1 Å². The molecule has 6 nitrogen and oxygen atoms in total. The van der Waals surface area contributed by atoms with E-state index in [1.165, 1.54) is 0 Å². The van der Waals surface area contributed by atoms with Crippen LogP contribution in [0, 0.1) is 0 Å². The molecule has 1 amide bonds. The number of nitrogens with two attached hydrogens (primary N) is 1. The molecule has 1 rings (SSSR count). The van der Waals surface area contributed by atoms with Gasteiger partial charge < -0.3 is 21.0 Å². The molecule has 20 heavy (non-hydrogen) atoms. The summed E-state index contributed by atoms with van der Waals surface area (Å²) in [5, 5.41) is 14.5. The fraction of sp³-hybridized carbons (Fsp3) is 0.429. The van der Waals surface area contributed by atoms with Crippen molar-refractivity contribution in [2.45, 2.75) is 32.4 Å². The van der Waals surface area contributed by atoms with Crippen molar-refractivity contribution < 1.29 is 14.7 Å². The molecule has 0 saturated carbocycles. The maximum Gasteiger partial charge on any atom is 0.246 e. The Morgan fingerprint density at radius 1 is 1.40 bits per heavy atom. The first-order valence-corrected chi connectivity index (χ1v) is 6.29. The van der Waals surface area contributed by atoms with Gasteiger partial charge >= 0.3 is 0 Å². The van der Waals surface area contributed by atoms with E-state index in [1.54, 1.807) is 12.1 Å². The molecule has 1 aromatic carbocycles. The predicted octanol–water partition coefficient (Wildman–Crippen LogP) is 1.41. The molecule has 4 N–H and O–H groups in total. The fourth-order valence-corrected chi connectivity index (χ4v) is 1.52. The summed E-state index contributed by atoms with van der Waals surface area (Å²) in [7, 11) is 0. The van der Waals surface area contributed by atoms with Gasteiger partial charge in [-0.05, 0) is 26.3 Å². The normalized spacial score (nSPS) is 13.8. The van der Waals surface area contributed by atoms with E-state index >= 15 is 0 Å². The second kappa shape index (κ2) is 6.91. The molecule has 6 heteroatoms. The second-order valence-electron chi connectivity index (χ2n) is 5.34. The van der Waals surface area contributed by atoms with Crippen LogP contribution in [0.15, 0.2) is 35.5 Å². The third-order valence-corrected chi connectivity index (χ3v) is 2.49. The Kier molecular flexibility index (Phi) is 5.52. The molecule has 0 aliphatic carbocycles. The maximum absolute atomic E-state index is 11.9. The fourth-order valence-electron chi connectivity index (χ4n) is 1.52. The summed E-state index contributed by atoms with van der Waals surface area (Å²) in [6.07, 6.45) is 0. The van der Waals surface area contributed by atoms with Crippen LogP contribution in [0.25, 0.3) is 0 Å². The van der Waals surface area contributed by atoms with Crippen LogP contribution in [-0.4, -0.2) is 29.2 Å². The van der Waals surface area contributed by atoms with Gasteiger partial charge in [0.25, 0.3) is 0 Å². The topological polar surface area (TPSA) is 96.9 Å². The number of ether oxygens (including phenoxy) is 1. The lowest BCUT2D eigenvalue weighted by molar-refractivity contribution is -0.130. The Bertz CT molecular complexity index is 466. The molecule has 0 saturated heterocycles. The summed E-state index contributed by atoms with van der Waals surface area (Å²) in [5.41, 5.74) is 5.95. The van der Waals surface area contributed by atoms with E-state index < -0.39 is 11.6 Å². The summed E-state index contributed by atoms with van der Waals surface area (Å²) in [6.45, 7) is 5.49. The predicted molar refractivity (Wildman–Crippen MR) is 76.4 cm³/mol.